The SMILES string of the molecule is CCOC(=O)N[C@@H]1CCCN(C(=O)c2cc3ccccc3c(OC)n2)C1. The van der Waals surface area contributed by atoms with Crippen LogP contribution in [0.4, 0.5) is 4.79 Å². The van der Waals surface area contributed by atoms with E-state index in [4.69, 9.17) is 9.47 Å². The van der Waals surface area contributed by atoms with Crippen molar-refractivity contribution in [2.24, 2.45) is 0 Å². The summed E-state index contributed by atoms with van der Waals surface area (Å²) >= 11 is 0. The Balaban J connectivity index is 1.78. The van der Waals surface area contributed by atoms with Gasteiger partial charge in [0, 0.05) is 24.5 Å². The van der Waals surface area contributed by atoms with Crippen LogP contribution in [0.15, 0.2) is 30.3 Å². The number of amides is 2. The molecule has 1 saturated heterocycles. The third kappa shape index (κ3) is 3.87. The first kappa shape index (κ1) is 18.0. The molecule has 138 valence electrons. The smallest absolute Gasteiger partial charge is 0.407 e. The molecule has 1 aromatic carbocycles. The number of hydrogen-bond donors (Lipinski definition) is 1. The van der Waals surface area contributed by atoms with Gasteiger partial charge in [-0.25, -0.2) is 9.78 Å². The zero-order chi connectivity index (χ0) is 18.5. The van der Waals surface area contributed by atoms with Gasteiger partial charge in [0.2, 0.25) is 5.88 Å². The van der Waals surface area contributed by atoms with Gasteiger partial charge in [0.25, 0.3) is 5.91 Å². The second kappa shape index (κ2) is 8.03. The fourth-order valence-electron chi connectivity index (χ4n) is 3.21. The summed E-state index contributed by atoms with van der Waals surface area (Å²) in [6.07, 6.45) is 1.18. The van der Waals surface area contributed by atoms with Gasteiger partial charge in [0.15, 0.2) is 0 Å². The molecule has 0 saturated carbocycles. The minimum atomic E-state index is -0.447. The summed E-state index contributed by atoms with van der Waals surface area (Å²) in [6, 6.07) is 9.32. The van der Waals surface area contributed by atoms with Gasteiger partial charge in [-0.1, -0.05) is 18.2 Å². The second-order valence-electron chi connectivity index (χ2n) is 6.19. The Bertz CT molecular complexity index is 808. The van der Waals surface area contributed by atoms with E-state index in [1.54, 1.807) is 25.0 Å². The maximum absolute atomic E-state index is 12.9. The average Bonchev–Trinajstić information content (AvgIpc) is 2.66. The third-order valence-electron chi connectivity index (χ3n) is 4.42. The quantitative estimate of drug-likeness (QED) is 0.910. The maximum atomic E-state index is 12.9. The van der Waals surface area contributed by atoms with Crippen molar-refractivity contribution in [2.75, 3.05) is 26.8 Å². The lowest BCUT2D eigenvalue weighted by atomic mass is 10.0. The van der Waals surface area contributed by atoms with Crippen LogP contribution < -0.4 is 10.1 Å². The Labute approximate surface area is 152 Å². The minimum Gasteiger partial charge on any atom is -0.481 e. The molecule has 1 atom stereocenters. The Hall–Kier alpha value is -2.83. The zero-order valence-electron chi connectivity index (χ0n) is 15.0. The highest BCUT2D eigenvalue weighted by atomic mass is 16.5. The molecule has 0 bridgehead atoms. The normalized spacial score (nSPS) is 17.0. The van der Waals surface area contributed by atoms with Gasteiger partial charge in [-0.3, -0.25) is 4.79 Å². The summed E-state index contributed by atoms with van der Waals surface area (Å²) in [5.74, 6) is 0.272. The number of methoxy groups -OCH3 is 1. The van der Waals surface area contributed by atoms with Crippen molar-refractivity contribution in [3.05, 3.63) is 36.0 Å². The van der Waals surface area contributed by atoms with E-state index >= 15 is 0 Å². The molecule has 2 amide bonds. The molecular formula is C19H23N3O4. The van der Waals surface area contributed by atoms with Crippen molar-refractivity contribution in [2.45, 2.75) is 25.8 Å². The van der Waals surface area contributed by atoms with Crippen LogP contribution in [0.1, 0.15) is 30.3 Å². The van der Waals surface area contributed by atoms with Crippen molar-refractivity contribution in [1.82, 2.24) is 15.2 Å². The number of hydrogen-bond acceptors (Lipinski definition) is 5. The summed E-state index contributed by atoms with van der Waals surface area (Å²) < 4.78 is 10.3. The van der Waals surface area contributed by atoms with Crippen LogP contribution in [-0.4, -0.2) is 54.7 Å². The number of aromatic nitrogens is 1. The molecule has 2 heterocycles. The summed E-state index contributed by atoms with van der Waals surface area (Å²) in [5.41, 5.74) is 0.345. The summed E-state index contributed by atoms with van der Waals surface area (Å²) in [6.45, 7) is 3.15. The molecule has 7 nitrogen and oxygen atoms in total. The average molecular weight is 357 g/mol. The number of likely N-dealkylation sites (tertiary alicyclic amines) is 1. The molecule has 1 aliphatic heterocycles. The minimum absolute atomic E-state index is 0.117. The van der Waals surface area contributed by atoms with Gasteiger partial charge in [0.1, 0.15) is 5.69 Å². The van der Waals surface area contributed by atoms with Crippen LogP contribution in [-0.2, 0) is 4.74 Å². The van der Waals surface area contributed by atoms with E-state index < -0.39 is 6.09 Å². The van der Waals surface area contributed by atoms with E-state index in [2.05, 4.69) is 10.3 Å². The van der Waals surface area contributed by atoms with E-state index in [0.717, 1.165) is 23.6 Å². The van der Waals surface area contributed by atoms with Gasteiger partial charge in [-0.15, -0.1) is 0 Å². The van der Waals surface area contributed by atoms with E-state index in [0.29, 0.717) is 31.3 Å². The molecular weight excluding hydrogens is 334 g/mol. The molecule has 2 aromatic rings. The number of ether oxygens (including phenoxy) is 2. The summed E-state index contributed by atoms with van der Waals surface area (Å²) in [5, 5.41) is 4.58. The monoisotopic (exact) mass is 357 g/mol. The molecule has 7 heteroatoms. The largest absolute Gasteiger partial charge is 0.481 e. The Morgan fingerprint density at radius 1 is 1.35 bits per heavy atom. The Morgan fingerprint density at radius 3 is 2.92 bits per heavy atom. The molecule has 3 rings (SSSR count). The third-order valence-corrected chi connectivity index (χ3v) is 4.42. The van der Waals surface area contributed by atoms with Crippen molar-refractivity contribution in [3.8, 4) is 5.88 Å². The van der Waals surface area contributed by atoms with Gasteiger partial charge >= 0.3 is 6.09 Å². The lowest BCUT2D eigenvalue weighted by molar-refractivity contribution is 0.0679. The van der Waals surface area contributed by atoms with Crippen molar-refractivity contribution < 1.29 is 19.1 Å². The second-order valence-corrected chi connectivity index (χ2v) is 6.19. The Kier molecular flexibility index (Phi) is 5.55. The molecule has 26 heavy (non-hydrogen) atoms. The van der Waals surface area contributed by atoms with Crippen LogP contribution in [0, 0.1) is 0 Å². The molecule has 0 spiro atoms. The van der Waals surface area contributed by atoms with Crippen LogP contribution in [0.5, 0.6) is 5.88 Å². The van der Waals surface area contributed by atoms with Crippen LogP contribution in [0.25, 0.3) is 10.8 Å². The van der Waals surface area contributed by atoms with Crippen molar-refractivity contribution in [1.29, 1.82) is 0 Å². The number of nitrogens with zero attached hydrogens (tertiary/aromatic N) is 2. The van der Waals surface area contributed by atoms with Gasteiger partial charge in [-0.05, 0) is 37.3 Å². The van der Waals surface area contributed by atoms with Gasteiger partial charge in [0.05, 0.1) is 13.7 Å². The highest BCUT2D eigenvalue weighted by molar-refractivity contribution is 5.98. The predicted octanol–water partition coefficient (Wildman–Crippen LogP) is 2.59. The highest BCUT2D eigenvalue weighted by Crippen LogP contribution is 2.25. The number of rotatable bonds is 4. The zero-order valence-corrected chi connectivity index (χ0v) is 15.0. The summed E-state index contributed by atoms with van der Waals surface area (Å²) in [7, 11) is 1.54. The lowest BCUT2D eigenvalue weighted by Crippen LogP contribution is -2.49. The number of alkyl carbamates (subject to hydrolysis) is 1. The lowest BCUT2D eigenvalue weighted by Gasteiger charge is -2.32. The van der Waals surface area contributed by atoms with E-state index in [1.165, 1.54) is 0 Å². The topological polar surface area (TPSA) is 80.8 Å². The fraction of sp³-hybridized carbons (Fsp3) is 0.421. The van der Waals surface area contributed by atoms with Crippen LogP contribution >= 0.6 is 0 Å². The van der Waals surface area contributed by atoms with Crippen LogP contribution in [0.2, 0.25) is 0 Å². The van der Waals surface area contributed by atoms with Crippen LogP contribution in [0.3, 0.4) is 0 Å². The maximum Gasteiger partial charge on any atom is 0.407 e. The number of carbonyl (C=O) groups is 2. The number of pyridine rings is 1. The van der Waals surface area contributed by atoms with E-state index in [1.807, 2.05) is 24.3 Å². The molecule has 1 aromatic heterocycles. The molecule has 0 aliphatic carbocycles. The Morgan fingerprint density at radius 2 is 2.15 bits per heavy atom. The first-order valence-corrected chi connectivity index (χ1v) is 8.78. The molecule has 1 N–H and O–H groups in total. The molecule has 1 aliphatic rings. The first-order valence-electron chi connectivity index (χ1n) is 8.78. The predicted molar refractivity (Wildman–Crippen MR) is 97.4 cm³/mol. The van der Waals surface area contributed by atoms with Crippen molar-refractivity contribution in [3.63, 3.8) is 0 Å². The first-order chi connectivity index (χ1) is 12.6. The molecule has 1 fully saturated rings. The standard InChI is InChI=1S/C19H23N3O4/c1-3-26-19(24)20-14-8-6-10-22(12-14)18(23)16-11-13-7-4-5-9-15(13)17(21-16)25-2/h4-5,7,9,11,14H,3,6,8,10,12H2,1-2H3,(H,20,24)/t14-/m1/s1. The van der Waals surface area contributed by atoms with Gasteiger partial charge in [-0.2, -0.15) is 0 Å². The van der Waals surface area contributed by atoms with E-state index in [9.17, 15) is 9.59 Å². The summed E-state index contributed by atoms with van der Waals surface area (Å²) in [4.78, 5) is 30.7. The molecule has 0 radical (unpaired) electrons. The number of carbonyl (C=O) groups excluding carboxylic acids is 2. The number of nitrogens with one attached hydrogen (secondary N) is 1. The molecule has 0 unspecified atom stereocenters. The highest BCUT2D eigenvalue weighted by Gasteiger charge is 2.27. The number of fused-ring (bicyclic) bond motifs is 1. The fourth-order valence-corrected chi connectivity index (χ4v) is 3.21. The van der Waals surface area contributed by atoms with Gasteiger partial charge < -0.3 is 19.7 Å². The van der Waals surface area contributed by atoms with E-state index in [-0.39, 0.29) is 11.9 Å². The number of piperidine rings is 1. The van der Waals surface area contributed by atoms with Crippen molar-refractivity contribution >= 4 is 22.8 Å². The number of benzene rings is 1.